The number of aliphatic carboxylic acids is 1. The van der Waals surface area contributed by atoms with Crippen LogP contribution in [0, 0.1) is 0 Å². The number of amides is 1. The van der Waals surface area contributed by atoms with Crippen LogP contribution in [-0.2, 0) is 16.0 Å². The van der Waals surface area contributed by atoms with E-state index in [2.05, 4.69) is 20.5 Å². The average molecular weight is 378 g/mol. The minimum atomic E-state index is -1.02. The van der Waals surface area contributed by atoms with Gasteiger partial charge in [0.2, 0.25) is 5.91 Å². The van der Waals surface area contributed by atoms with E-state index >= 15 is 0 Å². The van der Waals surface area contributed by atoms with Crippen LogP contribution in [0.4, 0.5) is 5.69 Å². The molecule has 1 heterocycles. The number of anilines is 1. The zero-order valence-corrected chi connectivity index (χ0v) is 14.8. The van der Waals surface area contributed by atoms with Crippen molar-refractivity contribution in [3.05, 3.63) is 40.3 Å². The minimum Gasteiger partial charge on any atom is -0.492 e. The van der Waals surface area contributed by atoms with Crippen LogP contribution in [0.1, 0.15) is 19.0 Å². The molecule has 0 aliphatic carbocycles. The molecule has 0 radical (unpaired) electrons. The first-order valence-corrected chi connectivity index (χ1v) is 8.80. The van der Waals surface area contributed by atoms with Crippen LogP contribution in [0.25, 0.3) is 0 Å². The van der Waals surface area contributed by atoms with Crippen molar-refractivity contribution in [2.45, 2.75) is 24.9 Å². The third-order valence-corrected chi connectivity index (χ3v) is 3.98. The van der Waals surface area contributed by atoms with Gasteiger partial charge in [-0.2, -0.15) is 0 Å². The minimum absolute atomic E-state index is 0.00267. The Kier molecular flexibility index (Phi) is 7.15. The number of carbonyl (C=O) groups is 2. The predicted molar refractivity (Wildman–Crippen MR) is 95.6 cm³/mol. The van der Waals surface area contributed by atoms with Gasteiger partial charge in [0.1, 0.15) is 11.4 Å². The summed E-state index contributed by atoms with van der Waals surface area (Å²) in [6.07, 6.45) is -0.205. The first-order chi connectivity index (χ1) is 12.5. The first-order valence-electron chi connectivity index (χ1n) is 7.81. The van der Waals surface area contributed by atoms with Gasteiger partial charge in [-0.15, -0.1) is 10.2 Å². The molecule has 0 saturated heterocycles. The Morgan fingerprint density at radius 3 is 2.77 bits per heavy atom. The van der Waals surface area contributed by atoms with Crippen molar-refractivity contribution in [2.24, 2.45) is 0 Å². The van der Waals surface area contributed by atoms with Crippen LogP contribution >= 0.6 is 11.8 Å². The number of carboxylic acid groups (broad SMARTS) is 1. The van der Waals surface area contributed by atoms with Gasteiger partial charge in [-0.3, -0.25) is 19.4 Å². The molecule has 1 amide bonds. The topological polar surface area (TPSA) is 134 Å². The molecule has 0 bridgehead atoms. The number of nitrogens with one attached hydrogen (secondary N) is 2. The molecule has 0 saturated carbocycles. The number of aryl methyl sites for hydroxylation is 1. The molecule has 0 atom stereocenters. The van der Waals surface area contributed by atoms with E-state index in [1.165, 1.54) is 0 Å². The molecule has 10 heteroatoms. The zero-order chi connectivity index (χ0) is 18.9. The predicted octanol–water partition coefficient (Wildman–Crippen LogP) is 1.31. The van der Waals surface area contributed by atoms with E-state index in [4.69, 9.17) is 9.84 Å². The van der Waals surface area contributed by atoms with E-state index in [-0.39, 0.29) is 35.4 Å². The second-order valence-corrected chi connectivity index (χ2v) is 6.03. The fourth-order valence-electron chi connectivity index (χ4n) is 1.97. The highest BCUT2D eigenvalue weighted by molar-refractivity contribution is 7.99. The molecule has 0 unspecified atom stereocenters. The van der Waals surface area contributed by atoms with Crippen molar-refractivity contribution in [1.82, 2.24) is 15.2 Å². The van der Waals surface area contributed by atoms with E-state index in [0.717, 1.165) is 11.8 Å². The molecule has 0 fully saturated rings. The lowest BCUT2D eigenvalue weighted by atomic mass is 10.2. The molecule has 138 valence electrons. The second kappa shape index (κ2) is 9.56. The maximum Gasteiger partial charge on any atom is 0.303 e. The van der Waals surface area contributed by atoms with Gasteiger partial charge in [-0.1, -0.05) is 23.9 Å². The van der Waals surface area contributed by atoms with Gasteiger partial charge < -0.3 is 15.2 Å². The van der Waals surface area contributed by atoms with Gasteiger partial charge in [0, 0.05) is 6.42 Å². The number of hydrogen-bond acceptors (Lipinski definition) is 7. The molecule has 1 aromatic carbocycles. The summed E-state index contributed by atoms with van der Waals surface area (Å²) in [5, 5.41) is 19.1. The number of thioether (sulfide) groups is 1. The van der Waals surface area contributed by atoms with Crippen LogP contribution in [0.5, 0.6) is 5.75 Å². The Labute approximate surface area is 153 Å². The molecule has 2 aromatic rings. The zero-order valence-electron chi connectivity index (χ0n) is 14.0. The van der Waals surface area contributed by atoms with Crippen molar-refractivity contribution in [3.8, 4) is 5.75 Å². The number of ether oxygens (including phenoxy) is 1. The number of para-hydroxylation sites is 2. The van der Waals surface area contributed by atoms with Gasteiger partial charge in [-0.25, -0.2) is 0 Å². The second-order valence-electron chi connectivity index (χ2n) is 5.07. The number of carbonyl (C=O) groups excluding carboxylic acids is 1. The number of H-pyrrole nitrogens is 1. The molecule has 9 nitrogen and oxygen atoms in total. The Hall–Kier alpha value is -2.88. The molecule has 1 aromatic heterocycles. The lowest BCUT2D eigenvalue weighted by Gasteiger charge is -2.10. The van der Waals surface area contributed by atoms with Gasteiger partial charge in [0.05, 0.1) is 24.5 Å². The molecular formula is C16H18N4O5S. The lowest BCUT2D eigenvalue weighted by Crippen LogP contribution is -2.20. The van der Waals surface area contributed by atoms with E-state index in [1.807, 2.05) is 13.0 Å². The highest BCUT2D eigenvalue weighted by Gasteiger charge is 2.11. The summed E-state index contributed by atoms with van der Waals surface area (Å²) in [4.78, 5) is 36.9. The third-order valence-electron chi connectivity index (χ3n) is 3.12. The largest absolute Gasteiger partial charge is 0.492 e. The molecule has 26 heavy (non-hydrogen) atoms. The SMILES string of the molecule is CCOc1ccccc1NC(=O)CSc1nnc(CCC(=O)O)c(=O)[nH]1. The Morgan fingerprint density at radius 2 is 2.08 bits per heavy atom. The number of rotatable bonds is 9. The molecule has 0 aliphatic rings. The van der Waals surface area contributed by atoms with Gasteiger partial charge in [0.15, 0.2) is 5.16 Å². The number of aromatic amines is 1. The van der Waals surface area contributed by atoms with Crippen LogP contribution < -0.4 is 15.6 Å². The summed E-state index contributed by atoms with van der Waals surface area (Å²) in [5.41, 5.74) is 0.0984. The monoisotopic (exact) mass is 378 g/mol. The standard InChI is InChI=1S/C16H18N4O5S/c1-2-25-12-6-4-3-5-10(12)17-13(21)9-26-16-18-15(24)11(19-20-16)7-8-14(22)23/h3-6H,2,7-9H2,1H3,(H,17,21)(H,22,23)(H,18,20,24). The smallest absolute Gasteiger partial charge is 0.303 e. The number of carboxylic acids is 1. The van der Waals surface area contributed by atoms with E-state index < -0.39 is 11.5 Å². The number of hydrogen-bond donors (Lipinski definition) is 3. The summed E-state index contributed by atoms with van der Waals surface area (Å²) < 4.78 is 5.44. The molecule has 3 N–H and O–H groups in total. The maximum absolute atomic E-state index is 12.1. The summed E-state index contributed by atoms with van der Waals surface area (Å²) in [6, 6.07) is 7.07. The number of aromatic nitrogens is 3. The van der Waals surface area contributed by atoms with Gasteiger partial charge in [0.25, 0.3) is 5.56 Å². The summed E-state index contributed by atoms with van der Waals surface area (Å²) in [7, 11) is 0. The van der Waals surface area contributed by atoms with E-state index in [1.54, 1.807) is 18.2 Å². The lowest BCUT2D eigenvalue weighted by molar-refractivity contribution is -0.137. The van der Waals surface area contributed by atoms with Crippen molar-refractivity contribution >= 4 is 29.3 Å². The maximum atomic E-state index is 12.1. The van der Waals surface area contributed by atoms with E-state index in [0.29, 0.717) is 18.0 Å². The van der Waals surface area contributed by atoms with Crippen molar-refractivity contribution in [3.63, 3.8) is 0 Å². The molecule has 0 aliphatic heterocycles. The summed E-state index contributed by atoms with van der Waals surface area (Å²) in [6.45, 7) is 2.33. The fourth-order valence-corrected chi connectivity index (χ4v) is 2.57. The first kappa shape index (κ1) is 19.4. The molecule has 0 spiro atoms. The normalized spacial score (nSPS) is 10.3. The third kappa shape index (κ3) is 5.88. The Bertz CT molecular complexity index is 839. The molecular weight excluding hydrogens is 360 g/mol. The number of benzene rings is 1. The van der Waals surface area contributed by atoms with Crippen LogP contribution in [-0.4, -0.2) is 44.5 Å². The van der Waals surface area contributed by atoms with Crippen molar-refractivity contribution in [1.29, 1.82) is 0 Å². The average Bonchev–Trinajstić information content (AvgIpc) is 2.61. The van der Waals surface area contributed by atoms with Gasteiger partial charge >= 0.3 is 5.97 Å². The quantitative estimate of drug-likeness (QED) is 0.556. The van der Waals surface area contributed by atoms with Crippen LogP contribution in [0.15, 0.2) is 34.2 Å². The van der Waals surface area contributed by atoms with Gasteiger partial charge in [-0.05, 0) is 19.1 Å². The summed E-state index contributed by atoms with van der Waals surface area (Å²) >= 11 is 1.02. The van der Waals surface area contributed by atoms with Crippen LogP contribution in [0.2, 0.25) is 0 Å². The number of nitrogens with zero attached hydrogens (tertiary/aromatic N) is 2. The Balaban J connectivity index is 1.92. The van der Waals surface area contributed by atoms with Crippen molar-refractivity contribution in [2.75, 3.05) is 17.7 Å². The van der Waals surface area contributed by atoms with Crippen molar-refractivity contribution < 1.29 is 19.4 Å². The highest BCUT2D eigenvalue weighted by Crippen LogP contribution is 2.24. The Morgan fingerprint density at radius 1 is 1.31 bits per heavy atom. The van der Waals surface area contributed by atoms with E-state index in [9.17, 15) is 14.4 Å². The molecule has 2 rings (SSSR count). The fraction of sp³-hybridized carbons (Fsp3) is 0.312. The highest BCUT2D eigenvalue weighted by atomic mass is 32.2. The summed E-state index contributed by atoms with van der Waals surface area (Å²) in [5.74, 6) is -0.725. The van der Waals surface area contributed by atoms with Crippen LogP contribution in [0.3, 0.4) is 0 Å².